The largest absolute Gasteiger partial charge is 0.496 e. The molecular formula is C18H16O5. The molecule has 0 spiro atoms. The molecule has 3 rings (SSSR count). The van der Waals surface area contributed by atoms with Crippen LogP contribution in [0.1, 0.15) is 0 Å². The lowest BCUT2D eigenvalue weighted by Gasteiger charge is -2.10. The minimum absolute atomic E-state index is 0.188. The Morgan fingerprint density at radius 3 is 2.30 bits per heavy atom. The van der Waals surface area contributed by atoms with Crippen LogP contribution < -0.4 is 19.6 Å². The molecule has 0 radical (unpaired) electrons. The Labute approximate surface area is 133 Å². The summed E-state index contributed by atoms with van der Waals surface area (Å²) in [6, 6.07) is 12.1. The van der Waals surface area contributed by atoms with Gasteiger partial charge in [0.25, 0.3) is 0 Å². The zero-order valence-electron chi connectivity index (χ0n) is 13.1. The molecule has 0 N–H and O–H groups in total. The van der Waals surface area contributed by atoms with E-state index in [9.17, 15) is 4.79 Å². The fraction of sp³-hybridized carbons (Fsp3) is 0.167. The maximum absolute atomic E-state index is 12.5. The molecule has 2 aromatic carbocycles. The van der Waals surface area contributed by atoms with Crippen LogP contribution >= 0.6 is 0 Å². The molecule has 1 heterocycles. The van der Waals surface area contributed by atoms with Gasteiger partial charge >= 0.3 is 0 Å². The van der Waals surface area contributed by atoms with E-state index in [4.69, 9.17) is 18.6 Å². The molecule has 0 aliphatic carbocycles. The van der Waals surface area contributed by atoms with E-state index >= 15 is 0 Å². The summed E-state index contributed by atoms with van der Waals surface area (Å²) in [6.07, 6.45) is 0. The molecule has 0 aliphatic rings. The summed E-state index contributed by atoms with van der Waals surface area (Å²) in [4.78, 5) is 12.5. The Morgan fingerprint density at radius 2 is 1.61 bits per heavy atom. The van der Waals surface area contributed by atoms with Crippen molar-refractivity contribution in [2.75, 3.05) is 21.3 Å². The number of methoxy groups -OCH3 is 3. The van der Waals surface area contributed by atoms with Gasteiger partial charge in [-0.3, -0.25) is 4.79 Å². The van der Waals surface area contributed by atoms with Crippen LogP contribution in [0.3, 0.4) is 0 Å². The number of hydrogen-bond donors (Lipinski definition) is 0. The second-order valence-electron chi connectivity index (χ2n) is 4.88. The summed E-state index contributed by atoms with van der Waals surface area (Å²) in [5.74, 6) is 2.02. The summed E-state index contributed by atoms with van der Waals surface area (Å²) < 4.78 is 21.8. The van der Waals surface area contributed by atoms with Gasteiger partial charge in [0.15, 0.2) is 5.43 Å². The van der Waals surface area contributed by atoms with E-state index in [2.05, 4.69) is 0 Å². The third-order valence-electron chi connectivity index (χ3n) is 3.60. The van der Waals surface area contributed by atoms with Crippen molar-refractivity contribution in [3.63, 3.8) is 0 Å². The van der Waals surface area contributed by atoms with Gasteiger partial charge in [0.05, 0.1) is 26.9 Å². The van der Waals surface area contributed by atoms with Crippen LogP contribution in [-0.4, -0.2) is 21.3 Å². The van der Waals surface area contributed by atoms with Gasteiger partial charge in [0.2, 0.25) is 0 Å². The Hall–Kier alpha value is -2.95. The maximum atomic E-state index is 12.5. The van der Waals surface area contributed by atoms with Gasteiger partial charge in [-0.25, -0.2) is 0 Å². The van der Waals surface area contributed by atoms with Gasteiger partial charge < -0.3 is 18.6 Å². The molecule has 3 aromatic rings. The van der Waals surface area contributed by atoms with Crippen LogP contribution in [0.5, 0.6) is 17.2 Å². The van der Waals surface area contributed by atoms with Gasteiger partial charge in [0, 0.05) is 18.2 Å². The quantitative estimate of drug-likeness (QED) is 0.738. The average molecular weight is 312 g/mol. The summed E-state index contributed by atoms with van der Waals surface area (Å²) in [6.45, 7) is 0. The third-order valence-corrected chi connectivity index (χ3v) is 3.60. The van der Waals surface area contributed by atoms with Crippen LogP contribution in [-0.2, 0) is 0 Å². The van der Waals surface area contributed by atoms with Crippen molar-refractivity contribution in [3.8, 4) is 28.6 Å². The Balaban J connectivity index is 2.31. The van der Waals surface area contributed by atoms with E-state index in [0.29, 0.717) is 39.5 Å². The molecule has 0 saturated carbocycles. The number of hydrogen-bond acceptors (Lipinski definition) is 5. The molecule has 5 heteroatoms. The van der Waals surface area contributed by atoms with Crippen LogP contribution in [0.4, 0.5) is 0 Å². The van der Waals surface area contributed by atoms with Gasteiger partial charge in [-0.2, -0.15) is 0 Å². The lowest BCUT2D eigenvalue weighted by molar-refractivity contribution is 0.396. The van der Waals surface area contributed by atoms with E-state index < -0.39 is 0 Å². The highest BCUT2D eigenvalue weighted by atomic mass is 16.5. The highest BCUT2D eigenvalue weighted by molar-refractivity contribution is 5.86. The summed E-state index contributed by atoms with van der Waals surface area (Å²) in [5.41, 5.74) is 0.914. The minimum Gasteiger partial charge on any atom is -0.496 e. The molecule has 23 heavy (non-hydrogen) atoms. The van der Waals surface area contributed by atoms with Crippen molar-refractivity contribution in [1.29, 1.82) is 0 Å². The van der Waals surface area contributed by atoms with Crippen molar-refractivity contribution in [2.45, 2.75) is 0 Å². The second-order valence-corrected chi connectivity index (χ2v) is 4.88. The molecule has 0 aliphatic heterocycles. The normalized spacial score (nSPS) is 10.6. The zero-order valence-corrected chi connectivity index (χ0v) is 13.1. The monoisotopic (exact) mass is 312 g/mol. The average Bonchev–Trinajstić information content (AvgIpc) is 2.60. The van der Waals surface area contributed by atoms with Crippen LogP contribution in [0.2, 0.25) is 0 Å². The van der Waals surface area contributed by atoms with Crippen molar-refractivity contribution < 1.29 is 18.6 Å². The predicted molar refractivity (Wildman–Crippen MR) is 87.6 cm³/mol. The summed E-state index contributed by atoms with van der Waals surface area (Å²) in [7, 11) is 4.62. The lowest BCUT2D eigenvalue weighted by atomic mass is 10.1. The fourth-order valence-electron chi connectivity index (χ4n) is 2.49. The first-order chi connectivity index (χ1) is 11.2. The fourth-order valence-corrected chi connectivity index (χ4v) is 2.49. The van der Waals surface area contributed by atoms with E-state index in [1.807, 2.05) is 24.3 Å². The van der Waals surface area contributed by atoms with Crippen molar-refractivity contribution in [2.24, 2.45) is 0 Å². The number of para-hydroxylation sites is 1. The van der Waals surface area contributed by atoms with E-state index in [1.54, 1.807) is 26.4 Å². The van der Waals surface area contributed by atoms with Crippen LogP contribution in [0.15, 0.2) is 51.7 Å². The second kappa shape index (κ2) is 6.04. The molecule has 1 aromatic heterocycles. The SMILES string of the molecule is COc1cc(OC)c2c(=O)cc(-c3ccccc3OC)oc2c1. The number of benzene rings is 2. The Morgan fingerprint density at radius 1 is 0.870 bits per heavy atom. The lowest BCUT2D eigenvalue weighted by Crippen LogP contribution is -2.03. The topological polar surface area (TPSA) is 57.9 Å². The smallest absolute Gasteiger partial charge is 0.197 e. The highest BCUT2D eigenvalue weighted by Gasteiger charge is 2.15. The molecule has 5 nitrogen and oxygen atoms in total. The molecule has 118 valence electrons. The zero-order chi connectivity index (χ0) is 16.4. The maximum Gasteiger partial charge on any atom is 0.197 e. The highest BCUT2D eigenvalue weighted by Crippen LogP contribution is 2.34. The summed E-state index contributed by atoms with van der Waals surface area (Å²) in [5, 5.41) is 0.381. The summed E-state index contributed by atoms with van der Waals surface area (Å²) >= 11 is 0. The van der Waals surface area contributed by atoms with E-state index in [0.717, 1.165) is 0 Å². The molecule has 0 bridgehead atoms. The minimum atomic E-state index is -0.188. The molecule has 0 unspecified atom stereocenters. The number of fused-ring (bicyclic) bond motifs is 1. The number of rotatable bonds is 4. The molecule has 0 atom stereocenters. The van der Waals surface area contributed by atoms with Crippen LogP contribution in [0.25, 0.3) is 22.3 Å². The van der Waals surface area contributed by atoms with Crippen molar-refractivity contribution >= 4 is 11.0 Å². The van der Waals surface area contributed by atoms with Gasteiger partial charge in [-0.1, -0.05) is 12.1 Å². The molecular weight excluding hydrogens is 296 g/mol. The first-order valence-corrected chi connectivity index (χ1v) is 7.01. The Bertz CT molecular complexity index is 911. The molecule has 0 saturated heterocycles. The van der Waals surface area contributed by atoms with Crippen molar-refractivity contribution in [3.05, 3.63) is 52.7 Å². The van der Waals surface area contributed by atoms with Gasteiger partial charge in [-0.15, -0.1) is 0 Å². The Kier molecular flexibility index (Phi) is 3.93. The van der Waals surface area contributed by atoms with E-state index in [-0.39, 0.29) is 5.43 Å². The molecule has 0 fully saturated rings. The van der Waals surface area contributed by atoms with Crippen molar-refractivity contribution in [1.82, 2.24) is 0 Å². The van der Waals surface area contributed by atoms with Crippen LogP contribution in [0, 0.1) is 0 Å². The molecule has 0 amide bonds. The van der Waals surface area contributed by atoms with Gasteiger partial charge in [0.1, 0.15) is 34.0 Å². The predicted octanol–water partition coefficient (Wildman–Crippen LogP) is 3.49. The first-order valence-electron chi connectivity index (χ1n) is 7.01. The standard InChI is InChI=1S/C18H16O5/c1-20-11-8-16(22-3)18-13(19)10-15(23-17(18)9-11)12-6-4-5-7-14(12)21-2/h4-10H,1-3H3. The number of ether oxygens (including phenoxy) is 3. The third kappa shape index (κ3) is 2.61. The van der Waals surface area contributed by atoms with E-state index in [1.165, 1.54) is 13.2 Å². The first kappa shape index (κ1) is 15.0. The van der Waals surface area contributed by atoms with Gasteiger partial charge in [-0.05, 0) is 12.1 Å².